The highest BCUT2D eigenvalue weighted by Gasteiger charge is 2.20. The molecule has 1 aliphatic rings. The number of hydrogen-bond donors (Lipinski definition) is 1. The summed E-state index contributed by atoms with van der Waals surface area (Å²) in [5.74, 6) is 1.64. The molecule has 0 saturated carbocycles. The fourth-order valence-electron chi connectivity index (χ4n) is 2.82. The van der Waals surface area contributed by atoms with Gasteiger partial charge in [-0.05, 0) is 44.0 Å². The van der Waals surface area contributed by atoms with Crippen molar-refractivity contribution in [1.29, 1.82) is 0 Å². The molecule has 5 heteroatoms. The number of aromatic nitrogens is 1. The van der Waals surface area contributed by atoms with Crippen LogP contribution in [0.4, 0.5) is 5.82 Å². The van der Waals surface area contributed by atoms with Gasteiger partial charge in [0.1, 0.15) is 5.82 Å². The normalized spacial score (nSPS) is 14.0. The second-order valence-electron chi connectivity index (χ2n) is 5.99. The summed E-state index contributed by atoms with van der Waals surface area (Å²) in [5.41, 5.74) is 1.94. The van der Waals surface area contributed by atoms with Crippen LogP contribution in [0, 0.1) is 6.92 Å². The number of thioether (sulfide) groups is 1. The van der Waals surface area contributed by atoms with Crippen molar-refractivity contribution in [3.63, 3.8) is 0 Å². The molecule has 0 bridgehead atoms. The molecule has 1 saturated heterocycles. The summed E-state index contributed by atoms with van der Waals surface area (Å²) in [6.07, 6.45) is 4.10. The Bertz CT molecular complexity index is 681. The average Bonchev–Trinajstić information content (AvgIpc) is 3.14. The van der Waals surface area contributed by atoms with Crippen LogP contribution in [-0.2, 0) is 0 Å². The van der Waals surface area contributed by atoms with Crippen LogP contribution in [0.15, 0.2) is 47.5 Å². The van der Waals surface area contributed by atoms with E-state index in [1.807, 2.05) is 12.1 Å². The summed E-state index contributed by atoms with van der Waals surface area (Å²) in [5, 5.41) is 3.02. The van der Waals surface area contributed by atoms with E-state index in [1.54, 1.807) is 18.0 Å². The molecule has 4 nitrogen and oxygen atoms in total. The molecule has 1 aromatic heterocycles. The van der Waals surface area contributed by atoms with Gasteiger partial charge in [-0.1, -0.05) is 17.7 Å². The molecule has 1 N–H and O–H groups in total. The van der Waals surface area contributed by atoms with Crippen LogP contribution in [0.3, 0.4) is 0 Å². The Balaban J connectivity index is 1.52. The number of aryl methyl sites for hydroxylation is 1. The summed E-state index contributed by atoms with van der Waals surface area (Å²) in [6, 6.07) is 12.2. The number of pyridine rings is 1. The third kappa shape index (κ3) is 4.29. The van der Waals surface area contributed by atoms with Crippen molar-refractivity contribution in [1.82, 2.24) is 10.3 Å². The van der Waals surface area contributed by atoms with E-state index >= 15 is 0 Å². The first-order valence-electron chi connectivity index (χ1n) is 8.42. The van der Waals surface area contributed by atoms with E-state index in [9.17, 15) is 4.79 Å². The average molecular weight is 341 g/mol. The molecule has 1 aliphatic heterocycles. The Labute approximate surface area is 147 Å². The molecule has 1 fully saturated rings. The number of rotatable bonds is 6. The SMILES string of the molecule is Cc1ccc(SCCNC(=O)c2cccnc2N2CCCC2)cc1. The van der Waals surface area contributed by atoms with Crippen LogP contribution in [-0.4, -0.2) is 36.3 Å². The van der Waals surface area contributed by atoms with Crippen molar-refractivity contribution in [2.75, 3.05) is 30.3 Å². The predicted molar refractivity (Wildman–Crippen MR) is 99.9 cm³/mol. The Morgan fingerprint density at radius 1 is 1.21 bits per heavy atom. The highest BCUT2D eigenvalue weighted by molar-refractivity contribution is 7.99. The van der Waals surface area contributed by atoms with Gasteiger partial charge in [-0.25, -0.2) is 4.98 Å². The van der Waals surface area contributed by atoms with Gasteiger partial charge in [0.05, 0.1) is 5.56 Å². The highest BCUT2D eigenvalue weighted by atomic mass is 32.2. The lowest BCUT2D eigenvalue weighted by Gasteiger charge is -2.19. The first kappa shape index (κ1) is 16.8. The molecule has 0 spiro atoms. The lowest BCUT2D eigenvalue weighted by atomic mass is 10.2. The molecule has 0 unspecified atom stereocenters. The summed E-state index contributed by atoms with van der Waals surface area (Å²) >= 11 is 1.76. The van der Waals surface area contributed by atoms with Crippen LogP contribution >= 0.6 is 11.8 Å². The van der Waals surface area contributed by atoms with Gasteiger partial charge in [-0.3, -0.25) is 4.79 Å². The zero-order valence-electron chi connectivity index (χ0n) is 14.0. The Hall–Kier alpha value is -2.01. The minimum atomic E-state index is -0.0329. The molecule has 3 rings (SSSR count). The minimum Gasteiger partial charge on any atom is -0.356 e. The van der Waals surface area contributed by atoms with Crippen LogP contribution in [0.1, 0.15) is 28.8 Å². The summed E-state index contributed by atoms with van der Waals surface area (Å²) in [6.45, 7) is 4.70. The maximum atomic E-state index is 12.5. The van der Waals surface area contributed by atoms with Gasteiger partial charge in [0.15, 0.2) is 0 Å². The summed E-state index contributed by atoms with van der Waals surface area (Å²) in [7, 11) is 0. The second-order valence-corrected chi connectivity index (χ2v) is 7.15. The van der Waals surface area contributed by atoms with Crippen molar-refractivity contribution >= 4 is 23.5 Å². The van der Waals surface area contributed by atoms with Crippen molar-refractivity contribution in [2.45, 2.75) is 24.7 Å². The van der Waals surface area contributed by atoms with Crippen molar-refractivity contribution < 1.29 is 4.79 Å². The van der Waals surface area contributed by atoms with Gasteiger partial charge < -0.3 is 10.2 Å². The lowest BCUT2D eigenvalue weighted by Crippen LogP contribution is -2.29. The van der Waals surface area contributed by atoms with Gasteiger partial charge in [0.2, 0.25) is 0 Å². The maximum Gasteiger partial charge on any atom is 0.255 e. The molecule has 126 valence electrons. The van der Waals surface area contributed by atoms with E-state index in [4.69, 9.17) is 0 Å². The molecule has 1 aromatic carbocycles. The Kier molecular flexibility index (Phi) is 5.75. The number of carbonyl (C=O) groups is 1. The largest absolute Gasteiger partial charge is 0.356 e. The fourth-order valence-corrected chi connectivity index (χ4v) is 3.59. The molecular weight excluding hydrogens is 318 g/mol. The van der Waals surface area contributed by atoms with Crippen molar-refractivity contribution in [3.05, 3.63) is 53.7 Å². The summed E-state index contributed by atoms with van der Waals surface area (Å²) in [4.78, 5) is 20.4. The molecule has 1 amide bonds. The van der Waals surface area contributed by atoms with Crippen LogP contribution in [0.2, 0.25) is 0 Å². The number of nitrogens with one attached hydrogen (secondary N) is 1. The van der Waals surface area contributed by atoms with Crippen molar-refractivity contribution in [2.24, 2.45) is 0 Å². The quantitative estimate of drug-likeness (QED) is 0.645. The molecule has 0 radical (unpaired) electrons. The van der Waals surface area contributed by atoms with Gasteiger partial charge in [0.25, 0.3) is 5.91 Å². The first-order chi connectivity index (χ1) is 11.7. The van der Waals surface area contributed by atoms with E-state index in [1.165, 1.54) is 23.3 Å². The number of amides is 1. The Morgan fingerprint density at radius 2 is 1.96 bits per heavy atom. The third-order valence-electron chi connectivity index (χ3n) is 4.11. The van der Waals surface area contributed by atoms with Gasteiger partial charge in [-0.2, -0.15) is 0 Å². The zero-order valence-corrected chi connectivity index (χ0v) is 14.8. The monoisotopic (exact) mass is 341 g/mol. The second kappa shape index (κ2) is 8.20. The van der Waals surface area contributed by atoms with Gasteiger partial charge >= 0.3 is 0 Å². The minimum absolute atomic E-state index is 0.0329. The third-order valence-corrected chi connectivity index (χ3v) is 5.13. The predicted octanol–water partition coefficient (Wildman–Crippen LogP) is 3.51. The smallest absolute Gasteiger partial charge is 0.255 e. The van der Waals surface area contributed by atoms with E-state index in [0.717, 1.165) is 24.7 Å². The molecule has 0 aliphatic carbocycles. The van der Waals surface area contributed by atoms with Gasteiger partial charge in [0, 0.05) is 36.5 Å². The van der Waals surface area contributed by atoms with Crippen LogP contribution in [0.25, 0.3) is 0 Å². The summed E-state index contributed by atoms with van der Waals surface area (Å²) < 4.78 is 0. The molecule has 2 heterocycles. The number of hydrogen-bond acceptors (Lipinski definition) is 4. The lowest BCUT2D eigenvalue weighted by molar-refractivity contribution is 0.0956. The van der Waals surface area contributed by atoms with Crippen molar-refractivity contribution in [3.8, 4) is 0 Å². The standard InChI is InChI=1S/C19H23N3OS/c1-15-6-8-16(9-7-15)24-14-11-21-19(23)17-5-4-10-20-18(17)22-12-2-3-13-22/h4-10H,2-3,11-14H2,1H3,(H,21,23). The number of benzene rings is 1. The fraction of sp³-hybridized carbons (Fsp3) is 0.368. The first-order valence-corrected chi connectivity index (χ1v) is 9.40. The molecular formula is C19H23N3OS. The number of carbonyl (C=O) groups excluding carboxylic acids is 1. The van der Waals surface area contributed by atoms with E-state index in [0.29, 0.717) is 12.1 Å². The van der Waals surface area contributed by atoms with Gasteiger partial charge in [-0.15, -0.1) is 11.8 Å². The Morgan fingerprint density at radius 3 is 2.71 bits per heavy atom. The molecule has 24 heavy (non-hydrogen) atoms. The zero-order chi connectivity index (χ0) is 16.8. The van der Waals surface area contributed by atoms with Crippen LogP contribution in [0.5, 0.6) is 0 Å². The van der Waals surface area contributed by atoms with Crippen LogP contribution < -0.4 is 10.2 Å². The molecule has 0 atom stereocenters. The topological polar surface area (TPSA) is 45.2 Å². The number of anilines is 1. The van der Waals surface area contributed by atoms with E-state index in [-0.39, 0.29) is 5.91 Å². The maximum absolute atomic E-state index is 12.5. The highest BCUT2D eigenvalue weighted by Crippen LogP contribution is 2.22. The van der Waals surface area contributed by atoms with E-state index in [2.05, 4.69) is 46.4 Å². The molecule has 2 aromatic rings. The number of nitrogens with zero attached hydrogens (tertiary/aromatic N) is 2. The van der Waals surface area contributed by atoms with E-state index < -0.39 is 0 Å².